The van der Waals surface area contributed by atoms with E-state index in [-0.39, 0.29) is 5.54 Å². The molecule has 1 heterocycles. The maximum absolute atomic E-state index is 6.09. The second-order valence-corrected chi connectivity index (χ2v) is 4.98. The highest BCUT2D eigenvalue weighted by molar-refractivity contribution is 6.29. The van der Waals surface area contributed by atoms with Gasteiger partial charge in [-0.25, -0.2) is 0 Å². The minimum absolute atomic E-state index is 0.272. The quantitative estimate of drug-likeness (QED) is 0.763. The molecule has 3 heteroatoms. The minimum atomic E-state index is 0.272. The molecule has 1 aliphatic carbocycles. The van der Waals surface area contributed by atoms with E-state index in [1.54, 1.807) is 0 Å². The molecule has 0 aromatic heterocycles. The average Bonchev–Trinajstić information content (AvgIpc) is 2.67. The van der Waals surface area contributed by atoms with Gasteiger partial charge in [0.15, 0.2) is 0 Å². The van der Waals surface area contributed by atoms with E-state index < -0.39 is 0 Å². The molecule has 0 aromatic rings. The Morgan fingerprint density at radius 3 is 2.71 bits per heavy atom. The second kappa shape index (κ2) is 4.21. The Morgan fingerprint density at radius 1 is 1.43 bits per heavy atom. The van der Waals surface area contributed by atoms with Crippen LogP contribution in [0.3, 0.4) is 0 Å². The van der Waals surface area contributed by atoms with Crippen LogP contribution in [0.25, 0.3) is 0 Å². The lowest BCUT2D eigenvalue weighted by atomic mass is 9.94. The highest BCUT2D eigenvalue weighted by atomic mass is 35.5. The molecule has 80 valence electrons. The molecule has 0 atom stereocenters. The second-order valence-electron chi connectivity index (χ2n) is 4.50. The largest absolute Gasteiger partial charge is 0.329 e. The molecule has 0 radical (unpaired) electrons. The van der Waals surface area contributed by atoms with Crippen LogP contribution in [0.1, 0.15) is 32.1 Å². The van der Waals surface area contributed by atoms with Gasteiger partial charge in [0.05, 0.1) is 0 Å². The van der Waals surface area contributed by atoms with E-state index in [1.807, 2.05) is 0 Å². The fourth-order valence-electron chi connectivity index (χ4n) is 2.79. The van der Waals surface area contributed by atoms with Crippen molar-refractivity contribution in [3.05, 3.63) is 11.1 Å². The van der Waals surface area contributed by atoms with Gasteiger partial charge in [-0.3, -0.25) is 4.90 Å². The Balaban J connectivity index is 2.08. The number of nitrogens with zero attached hydrogens (tertiary/aromatic N) is 1. The normalized spacial score (nSPS) is 27.7. The van der Waals surface area contributed by atoms with E-state index >= 15 is 0 Å². The third-order valence-corrected chi connectivity index (χ3v) is 3.97. The zero-order valence-electron chi connectivity index (χ0n) is 8.64. The molecule has 0 aromatic carbocycles. The van der Waals surface area contributed by atoms with Crippen LogP contribution in [-0.4, -0.2) is 30.1 Å². The van der Waals surface area contributed by atoms with Gasteiger partial charge >= 0.3 is 0 Å². The lowest BCUT2D eigenvalue weighted by Crippen LogP contribution is -2.53. The fourth-order valence-corrected chi connectivity index (χ4v) is 3.04. The number of nitrogens with two attached hydrogens (primary N) is 1. The van der Waals surface area contributed by atoms with Gasteiger partial charge in [0.2, 0.25) is 0 Å². The van der Waals surface area contributed by atoms with Gasteiger partial charge in [-0.2, -0.15) is 0 Å². The Hall–Kier alpha value is -0.0500. The summed E-state index contributed by atoms with van der Waals surface area (Å²) in [5.74, 6) is 0. The zero-order chi connectivity index (χ0) is 10.0. The standard InChI is InChI=1S/C11H19ClN2/c12-10-4-3-7-14(8-10)11(9-13)5-1-2-6-11/h4H,1-3,5-9,13H2. The van der Waals surface area contributed by atoms with Crippen molar-refractivity contribution in [2.75, 3.05) is 19.6 Å². The van der Waals surface area contributed by atoms with Gasteiger partial charge in [-0.15, -0.1) is 0 Å². The Kier molecular flexibility index (Phi) is 3.15. The Bertz CT molecular complexity index is 231. The van der Waals surface area contributed by atoms with Gasteiger partial charge in [0, 0.05) is 30.2 Å². The van der Waals surface area contributed by atoms with Gasteiger partial charge in [-0.05, 0) is 19.3 Å². The van der Waals surface area contributed by atoms with Crippen LogP contribution in [0, 0.1) is 0 Å². The number of hydrogen-bond acceptors (Lipinski definition) is 2. The summed E-state index contributed by atoms with van der Waals surface area (Å²) in [6, 6.07) is 0. The van der Waals surface area contributed by atoms with Crippen molar-refractivity contribution in [3.8, 4) is 0 Å². The number of rotatable bonds is 2. The minimum Gasteiger partial charge on any atom is -0.329 e. The summed E-state index contributed by atoms with van der Waals surface area (Å²) in [6.45, 7) is 2.84. The summed E-state index contributed by atoms with van der Waals surface area (Å²) in [5.41, 5.74) is 6.21. The maximum atomic E-state index is 6.09. The first-order valence-corrected chi connectivity index (χ1v) is 5.94. The highest BCUT2D eigenvalue weighted by Gasteiger charge is 2.38. The molecule has 2 nitrogen and oxygen atoms in total. The molecule has 2 N–H and O–H groups in total. The Morgan fingerprint density at radius 2 is 2.14 bits per heavy atom. The lowest BCUT2D eigenvalue weighted by Gasteiger charge is -2.42. The summed E-state index contributed by atoms with van der Waals surface area (Å²) in [5, 5.41) is 0.996. The molecular weight excluding hydrogens is 196 g/mol. The van der Waals surface area contributed by atoms with Crippen molar-refractivity contribution in [2.45, 2.75) is 37.6 Å². The molecule has 0 saturated heterocycles. The van der Waals surface area contributed by atoms with Crippen molar-refractivity contribution in [1.29, 1.82) is 0 Å². The van der Waals surface area contributed by atoms with Crippen LogP contribution >= 0.6 is 11.6 Å². The van der Waals surface area contributed by atoms with E-state index in [9.17, 15) is 0 Å². The van der Waals surface area contributed by atoms with Crippen LogP contribution < -0.4 is 5.73 Å². The van der Waals surface area contributed by atoms with Crippen molar-refractivity contribution in [3.63, 3.8) is 0 Å². The number of halogens is 1. The van der Waals surface area contributed by atoms with Crippen LogP contribution in [0.15, 0.2) is 11.1 Å². The number of hydrogen-bond donors (Lipinski definition) is 1. The Labute approximate surface area is 91.1 Å². The summed E-state index contributed by atoms with van der Waals surface area (Å²) < 4.78 is 0. The smallest absolute Gasteiger partial charge is 0.0344 e. The van der Waals surface area contributed by atoms with Crippen LogP contribution in [0.5, 0.6) is 0 Å². The molecular formula is C11H19ClN2. The van der Waals surface area contributed by atoms with E-state index in [0.717, 1.165) is 31.1 Å². The summed E-state index contributed by atoms with van der Waals surface area (Å²) in [7, 11) is 0. The molecule has 14 heavy (non-hydrogen) atoms. The molecule has 1 aliphatic heterocycles. The van der Waals surface area contributed by atoms with E-state index in [1.165, 1.54) is 25.7 Å². The van der Waals surface area contributed by atoms with Crippen LogP contribution in [0.2, 0.25) is 0 Å². The molecule has 2 rings (SSSR count). The highest BCUT2D eigenvalue weighted by Crippen LogP contribution is 2.36. The molecule has 1 fully saturated rings. The lowest BCUT2D eigenvalue weighted by molar-refractivity contribution is 0.109. The molecule has 2 aliphatic rings. The van der Waals surface area contributed by atoms with Crippen molar-refractivity contribution in [1.82, 2.24) is 4.90 Å². The van der Waals surface area contributed by atoms with Gasteiger partial charge < -0.3 is 5.73 Å². The first kappa shape index (κ1) is 10.5. The first-order chi connectivity index (χ1) is 6.77. The fraction of sp³-hybridized carbons (Fsp3) is 0.818. The predicted octanol–water partition coefficient (Wildman–Crippen LogP) is 2.09. The van der Waals surface area contributed by atoms with Crippen molar-refractivity contribution >= 4 is 11.6 Å². The van der Waals surface area contributed by atoms with Gasteiger partial charge in [-0.1, -0.05) is 30.5 Å². The molecule has 0 unspecified atom stereocenters. The van der Waals surface area contributed by atoms with Crippen molar-refractivity contribution in [2.24, 2.45) is 5.73 Å². The van der Waals surface area contributed by atoms with Crippen LogP contribution in [-0.2, 0) is 0 Å². The summed E-state index contributed by atoms with van der Waals surface area (Å²) >= 11 is 6.09. The molecule has 0 amide bonds. The zero-order valence-corrected chi connectivity index (χ0v) is 9.39. The monoisotopic (exact) mass is 214 g/mol. The maximum Gasteiger partial charge on any atom is 0.0344 e. The average molecular weight is 215 g/mol. The van der Waals surface area contributed by atoms with Gasteiger partial charge in [0.25, 0.3) is 0 Å². The third kappa shape index (κ3) is 1.83. The van der Waals surface area contributed by atoms with E-state index in [2.05, 4.69) is 11.0 Å². The summed E-state index contributed by atoms with van der Waals surface area (Å²) in [4.78, 5) is 2.50. The van der Waals surface area contributed by atoms with Crippen LogP contribution in [0.4, 0.5) is 0 Å². The predicted molar refractivity (Wildman–Crippen MR) is 60.4 cm³/mol. The van der Waals surface area contributed by atoms with Crippen molar-refractivity contribution < 1.29 is 0 Å². The first-order valence-electron chi connectivity index (χ1n) is 5.56. The molecule has 0 bridgehead atoms. The van der Waals surface area contributed by atoms with E-state index in [0.29, 0.717) is 0 Å². The summed E-state index contributed by atoms with van der Waals surface area (Å²) in [6.07, 6.45) is 8.39. The molecule has 0 spiro atoms. The van der Waals surface area contributed by atoms with E-state index in [4.69, 9.17) is 17.3 Å². The SMILES string of the molecule is NCC1(N2CCC=C(Cl)C2)CCCC1. The topological polar surface area (TPSA) is 29.3 Å². The molecule has 1 saturated carbocycles. The van der Waals surface area contributed by atoms with Gasteiger partial charge in [0.1, 0.15) is 0 Å². The third-order valence-electron chi connectivity index (χ3n) is 3.69.